The Morgan fingerprint density at radius 3 is 2.61 bits per heavy atom. The first kappa shape index (κ1) is 17.5. The van der Waals surface area contributed by atoms with Crippen LogP contribution in [-0.2, 0) is 4.79 Å². The second-order valence-electron chi connectivity index (χ2n) is 6.78. The van der Waals surface area contributed by atoms with E-state index in [0.29, 0.717) is 31.1 Å². The smallest absolute Gasteiger partial charge is 0.311 e. The van der Waals surface area contributed by atoms with E-state index in [1.807, 2.05) is 17.7 Å². The maximum Gasteiger partial charge on any atom is 0.311 e. The number of piperidine rings is 1. The summed E-state index contributed by atoms with van der Waals surface area (Å²) in [6, 6.07) is 2.11. The average molecular weight is 321 g/mol. The number of hydrogen-bond acceptors (Lipinski definition) is 3. The number of carbonyl (C=O) groups excluding carboxylic acids is 1. The number of carboxylic acid groups (broad SMARTS) is 1. The van der Waals surface area contributed by atoms with Crippen LogP contribution >= 0.6 is 0 Å². The van der Waals surface area contributed by atoms with Crippen molar-refractivity contribution in [1.29, 1.82) is 0 Å². The zero-order valence-electron chi connectivity index (χ0n) is 14.5. The highest BCUT2D eigenvalue weighted by molar-refractivity contribution is 5.93. The van der Waals surface area contributed by atoms with Gasteiger partial charge in [0.2, 0.25) is 0 Å². The van der Waals surface area contributed by atoms with Crippen LogP contribution in [0.3, 0.4) is 0 Å². The van der Waals surface area contributed by atoms with Crippen LogP contribution in [0, 0.1) is 12.3 Å². The van der Waals surface area contributed by atoms with Gasteiger partial charge in [-0.05, 0) is 45.6 Å². The second kappa shape index (κ2) is 6.72. The molecule has 1 atom stereocenters. The first-order chi connectivity index (χ1) is 10.8. The molecule has 1 aromatic heterocycles. The molecule has 1 aliphatic heterocycles. The highest BCUT2D eigenvalue weighted by Crippen LogP contribution is 2.30. The molecule has 0 saturated carbocycles. The summed E-state index contributed by atoms with van der Waals surface area (Å²) in [6.45, 7) is 8.73. The minimum absolute atomic E-state index is 0.162. The number of carboxylic acids is 1. The molecule has 0 spiro atoms. The van der Waals surface area contributed by atoms with Gasteiger partial charge in [0.15, 0.2) is 5.69 Å². The standard InChI is InChI=1S/C17H27N3O3/c1-5-13(6-2)20-12(3)10-14(18-20)15(21)19-9-7-8-17(4,11-19)16(22)23/h10,13H,5-9,11H2,1-4H3,(H,22,23). The fourth-order valence-electron chi connectivity index (χ4n) is 3.35. The monoisotopic (exact) mass is 321 g/mol. The van der Waals surface area contributed by atoms with Crippen molar-refractivity contribution in [3.63, 3.8) is 0 Å². The van der Waals surface area contributed by atoms with E-state index in [-0.39, 0.29) is 12.5 Å². The van der Waals surface area contributed by atoms with Crippen molar-refractivity contribution < 1.29 is 14.7 Å². The molecule has 0 aliphatic carbocycles. The van der Waals surface area contributed by atoms with Gasteiger partial charge in [0.25, 0.3) is 5.91 Å². The van der Waals surface area contributed by atoms with Gasteiger partial charge in [-0.2, -0.15) is 5.10 Å². The van der Waals surface area contributed by atoms with E-state index in [0.717, 1.165) is 18.5 Å². The molecule has 23 heavy (non-hydrogen) atoms. The van der Waals surface area contributed by atoms with Gasteiger partial charge in [-0.25, -0.2) is 0 Å². The van der Waals surface area contributed by atoms with Crippen LogP contribution < -0.4 is 0 Å². The number of carbonyl (C=O) groups is 2. The fourth-order valence-corrected chi connectivity index (χ4v) is 3.35. The Hall–Kier alpha value is -1.85. The van der Waals surface area contributed by atoms with Gasteiger partial charge < -0.3 is 10.0 Å². The Bertz CT molecular complexity index is 592. The Morgan fingerprint density at radius 1 is 1.39 bits per heavy atom. The average Bonchev–Trinajstić information content (AvgIpc) is 2.90. The molecule has 2 rings (SSSR count). The molecular weight excluding hydrogens is 294 g/mol. The van der Waals surface area contributed by atoms with Crippen LogP contribution in [0.4, 0.5) is 0 Å². The predicted octanol–water partition coefficient (Wildman–Crippen LogP) is 2.88. The zero-order valence-corrected chi connectivity index (χ0v) is 14.5. The molecule has 1 aromatic rings. The summed E-state index contributed by atoms with van der Waals surface area (Å²) >= 11 is 0. The molecule has 1 fully saturated rings. The van der Waals surface area contributed by atoms with Crippen LogP contribution in [0.5, 0.6) is 0 Å². The molecule has 6 heteroatoms. The van der Waals surface area contributed by atoms with Crippen LogP contribution in [0.1, 0.15) is 68.7 Å². The van der Waals surface area contributed by atoms with Gasteiger partial charge in [-0.3, -0.25) is 14.3 Å². The van der Waals surface area contributed by atoms with Gasteiger partial charge in [0.1, 0.15) is 0 Å². The quantitative estimate of drug-likeness (QED) is 0.905. The van der Waals surface area contributed by atoms with Crippen LogP contribution in [-0.4, -0.2) is 44.8 Å². The molecule has 0 bridgehead atoms. The summed E-state index contributed by atoms with van der Waals surface area (Å²) < 4.78 is 1.92. The lowest BCUT2D eigenvalue weighted by Gasteiger charge is -2.37. The molecule has 1 saturated heterocycles. The topological polar surface area (TPSA) is 75.4 Å². The number of aromatic nitrogens is 2. The number of hydrogen-bond donors (Lipinski definition) is 1. The Morgan fingerprint density at radius 2 is 2.04 bits per heavy atom. The van der Waals surface area contributed by atoms with Crippen molar-refractivity contribution >= 4 is 11.9 Å². The third-order valence-electron chi connectivity index (χ3n) is 4.93. The van der Waals surface area contributed by atoms with E-state index in [1.165, 1.54) is 0 Å². The van der Waals surface area contributed by atoms with Crippen molar-refractivity contribution in [1.82, 2.24) is 14.7 Å². The minimum atomic E-state index is -0.860. The fraction of sp³-hybridized carbons (Fsp3) is 0.706. The van der Waals surface area contributed by atoms with Crippen LogP contribution in [0.2, 0.25) is 0 Å². The lowest BCUT2D eigenvalue weighted by Crippen LogP contribution is -2.48. The van der Waals surface area contributed by atoms with E-state index in [1.54, 1.807) is 11.8 Å². The van der Waals surface area contributed by atoms with E-state index < -0.39 is 11.4 Å². The number of aliphatic carboxylic acids is 1. The van der Waals surface area contributed by atoms with Gasteiger partial charge in [-0.1, -0.05) is 13.8 Å². The maximum atomic E-state index is 12.7. The lowest BCUT2D eigenvalue weighted by molar-refractivity contribution is -0.150. The van der Waals surface area contributed by atoms with Crippen molar-refractivity contribution in [3.05, 3.63) is 17.5 Å². The number of aryl methyl sites for hydroxylation is 1. The van der Waals surface area contributed by atoms with Crippen LogP contribution in [0.25, 0.3) is 0 Å². The van der Waals surface area contributed by atoms with Crippen molar-refractivity contribution in [3.8, 4) is 0 Å². The maximum absolute atomic E-state index is 12.7. The van der Waals surface area contributed by atoms with E-state index in [4.69, 9.17) is 0 Å². The summed E-state index contributed by atoms with van der Waals surface area (Å²) in [6.07, 6.45) is 3.25. The SMILES string of the molecule is CCC(CC)n1nc(C(=O)N2CCCC(C)(C(=O)O)C2)cc1C. The summed E-state index contributed by atoms with van der Waals surface area (Å²) in [5, 5.41) is 13.9. The summed E-state index contributed by atoms with van der Waals surface area (Å²) in [7, 11) is 0. The highest BCUT2D eigenvalue weighted by atomic mass is 16.4. The third-order valence-corrected chi connectivity index (χ3v) is 4.93. The number of likely N-dealkylation sites (tertiary alicyclic amines) is 1. The molecule has 128 valence electrons. The normalized spacial score (nSPS) is 21.7. The lowest BCUT2D eigenvalue weighted by atomic mass is 9.82. The van der Waals surface area contributed by atoms with Gasteiger partial charge in [-0.15, -0.1) is 0 Å². The molecule has 1 unspecified atom stereocenters. The molecule has 1 amide bonds. The Kier molecular flexibility index (Phi) is 5.12. The van der Waals surface area contributed by atoms with Crippen molar-refractivity contribution in [2.75, 3.05) is 13.1 Å². The Labute approximate surface area is 137 Å². The Balaban J connectivity index is 2.21. The minimum Gasteiger partial charge on any atom is -0.481 e. The summed E-state index contributed by atoms with van der Waals surface area (Å²) in [5.41, 5.74) is 0.532. The molecule has 1 N–H and O–H groups in total. The van der Waals surface area contributed by atoms with Crippen molar-refractivity contribution in [2.24, 2.45) is 5.41 Å². The largest absolute Gasteiger partial charge is 0.481 e. The number of rotatable bonds is 5. The van der Waals surface area contributed by atoms with Gasteiger partial charge >= 0.3 is 5.97 Å². The molecule has 1 aliphatic rings. The van der Waals surface area contributed by atoms with Gasteiger partial charge in [0.05, 0.1) is 11.5 Å². The van der Waals surface area contributed by atoms with E-state index in [2.05, 4.69) is 18.9 Å². The predicted molar refractivity (Wildman–Crippen MR) is 87.5 cm³/mol. The number of nitrogens with zero attached hydrogens (tertiary/aromatic N) is 3. The molecular formula is C17H27N3O3. The molecule has 2 heterocycles. The molecule has 0 radical (unpaired) electrons. The molecule has 0 aromatic carbocycles. The van der Waals surface area contributed by atoms with Crippen LogP contribution in [0.15, 0.2) is 6.07 Å². The highest BCUT2D eigenvalue weighted by Gasteiger charge is 2.40. The first-order valence-electron chi connectivity index (χ1n) is 8.41. The summed E-state index contributed by atoms with van der Waals surface area (Å²) in [4.78, 5) is 25.8. The van der Waals surface area contributed by atoms with E-state index >= 15 is 0 Å². The summed E-state index contributed by atoms with van der Waals surface area (Å²) in [5.74, 6) is -1.00. The second-order valence-corrected chi connectivity index (χ2v) is 6.78. The third kappa shape index (κ3) is 3.41. The first-order valence-corrected chi connectivity index (χ1v) is 8.41. The van der Waals surface area contributed by atoms with Gasteiger partial charge in [0, 0.05) is 18.8 Å². The zero-order chi connectivity index (χ0) is 17.2. The van der Waals surface area contributed by atoms with E-state index in [9.17, 15) is 14.7 Å². The number of amides is 1. The molecule has 6 nitrogen and oxygen atoms in total. The van der Waals surface area contributed by atoms with Crippen molar-refractivity contribution in [2.45, 2.75) is 59.4 Å².